The maximum atomic E-state index is 12.9. The second kappa shape index (κ2) is 6.55. The molecule has 0 saturated heterocycles. The predicted octanol–water partition coefficient (Wildman–Crippen LogP) is 1.78. The van der Waals surface area contributed by atoms with Gasteiger partial charge in [0.25, 0.3) is 5.91 Å². The third-order valence-electron chi connectivity index (χ3n) is 3.20. The Balaban J connectivity index is 2.06. The third-order valence-corrected chi connectivity index (χ3v) is 3.20. The van der Waals surface area contributed by atoms with Crippen molar-refractivity contribution >= 4 is 11.9 Å². The predicted molar refractivity (Wildman–Crippen MR) is 79.7 cm³/mol. The van der Waals surface area contributed by atoms with E-state index >= 15 is 0 Å². The molecule has 0 unspecified atom stereocenters. The Hall–Kier alpha value is -2.77. The molecule has 122 valence electrons. The lowest BCUT2D eigenvalue weighted by atomic mass is 9.98. The highest BCUT2D eigenvalue weighted by atomic mass is 19.1. The second-order valence-corrected chi connectivity index (χ2v) is 5.73. The monoisotopic (exact) mass is 320 g/mol. The SMILES string of the molecule is CC(C)(CCC(=O)O)NC(=O)c1cnn(-c2ccc(F)cc2)n1. The summed E-state index contributed by atoms with van der Waals surface area (Å²) in [6.07, 6.45) is 1.54. The summed E-state index contributed by atoms with van der Waals surface area (Å²) in [7, 11) is 0. The third kappa shape index (κ3) is 4.60. The van der Waals surface area contributed by atoms with Gasteiger partial charge in [0.05, 0.1) is 11.9 Å². The number of nitrogens with zero attached hydrogens (tertiary/aromatic N) is 3. The van der Waals surface area contributed by atoms with Gasteiger partial charge >= 0.3 is 5.97 Å². The van der Waals surface area contributed by atoms with Gasteiger partial charge in [-0.05, 0) is 44.5 Å². The highest BCUT2D eigenvalue weighted by molar-refractivity contribution is 5.92. The standard InChI is InChI=1S/C15H17FN4O3/c1-15(2,8-7-13(21)22)18-14(23)12-9-17-20(19-12)11-5-3-10(16)4-6-11/h3-6,9H,7-8H2,1-2H3,(H,18,23)(H,21,22). The number of carboxylic acids is 1. The first kappa shape index (κ1) is 16.6. The highest BCUT2D eigenvalue weighted by Crippen LogP contribution is 2.13. The Labute approximate surface area is 132 Å². The van der Waals surface area contributed by atoms with Crippen LogP contribution in [0.3, 0.4) is 0 Å². The quantitative estimate of drug-likeness (QED) is 0.845. The lowest BCUT2D eigenvalue weighted by Gasteiger charge is -2.24. The van der Waals surface area contributed by atoms with Crippen LogP contribution in [0.5, 0.6) is 0 Å². The summed E-state index contributed by atoms with van der Waals surface area (Å²) in [5, 5.41) is 19.4. The normalized spacial score (nSPS) is 11.3. The van der Waals surface area contributed by atoms with E-state index in [-0.39, 0.29) is 17.9 Å². The molecule has 1 heterocycles. The minimum atomic E-state index is -0.922. The fraction of sp³-hybridized carbons (Fsp3) is 0.333. The first-order valence-corrected chi connectivity index (χ1v) is 6.99. The Morgan fingerprint density at radius 2 is 1.96 bits per heavy atom. The summed E-state index contributed by atoms with van der Waals surface area (Å²) in [6.45, 7) is 3.47. The van der Waals surface area contributed by atoms with Crippen LogP contribution < -0.4 is 5.32 Å². The number of rotatable bonds is 6. The van der Waals surface area contributed by atoms with Gasteiger partial charge in [0, 0.05) is 12.0 Å². The summed E-state index contributed by atoms with van der Waals surface area (Å²) in [6, 6.07) is 5.53. The molecule has 8 heteroatoms. The van der Waals surface area contributed by atoms with Gasteiger partial charge in [-0.3, -0.25) is 9.59 Å². The van der Waals surface area contributed by atoms with Gasteiger partial charge in [0.2, 0.25) is 0 Å². The van der Waals surface area contributed by atoms with Crippen molar-refractivity contribution in [3.8, 4) is 5.69 Å². The van der Waals surface area contributed by atoms with Crippen molar-refractivity contribution in [2.75, 3.05) is 0 Å². The van der Waals surface area contributed by atoms with E-state index < -0.39 is 17.4 Å². The maximum Gasteiger partial charge on any atom is 0.303 e. The Bertz CT molecular complexity index is 710. The average molecular weight is 320 g/mol. The zero-order valence-electron chi connectivity index (χ0n) is 12.8. The van der Waals surface area contributed by atoms with E-state index in [9.17, 15) is 14.0 Å². The molecule has 0 radical (unpaired) electrons. The molecule has 23 heavy (non-hydrogen) atoms. The van der Waals surface area contributed by atoms with Crippen LogP contribution in [-0.4, -0.2) is 37.5 Å². The van der Waals surface area contributed by atoms with Gasteiger partial charge < -0.3 is 10.4 Å². The second-order valence-electron chi connectivity index (χ2n) is 5.73. The van der Waals surface area contributed by atoms with Crippen LogP contribution in [0.15, 0.2) is 30.5 Å². The number of aromatic nitrogens is 3. The van der Waals surface area contributed by atoms with Crippen LogP contribution in [0.1, 0.15) is 37.2 Å². The largest absolute Gasteiger partial charge is 0.481 e. The molecule has 1 amide bonds. The molecule has 0 aliphatic heterocycles. The van der Waals surface area contributed by atoms with Crippen molar-refractivity contribution in [1.29, 1.82) is 0 Å². The number of aliphatic carboxylic acids is 1. The summed E-state index contributed by atoms with van der Waals surface area (Å²) < 4.78 is 12.9. The van der Waals surface area contributed by atoms with E-state index in [4.69, 9.17) is 5.11 Å². The van der Waals surface area contributed by atoms with Gasteiger partial charge in [-0.2, -0.15) is 9.90 Å². The number of hydrogen-bond donors (Lipinski definition) is 2. The molecule has 0 aliphatic rings. The number of hydrogen-bond acceptors (Lipinski definition) is 4. The zero-order chi connectivity index (χ0) is 17.0. The summed E-state index contributed by atoms with van der Waals surface area (Å²) in [4.78, 5) is 24.0. The molecule has 0 spiro atoms. The van der Waals surface area contributed by atoms with Gasteiger partial charge in [0.1, 0.15) is 5.82 Å². The van der Waals surface area contributed by atoms with Crippen LogP contribution >= 0.6 is 0 Å². The van der Waals surface area contributed by atoms with Crippen molar-refractivity contribution in [3.63, 3.8) is 0 Å². The Morgan fingerprint density at radius 3 is 2.57 bits per heavy atom. The topological polar surface area (TPSA) is 97.1 Å². The van der Waals surface area contributed by atoms with E-state index in [0.717, 1.165) is 0 Å². The minimum absolute atomic E-state index is 0.0461. The molecule has 1 aromatic heterocycles. The van der Waals surface area contributed by atoms with Crippen LogP contribution in [0, 0.1) is 5.82 Å². The van der Waals surface area contributed by atoms with Gasteiger partial charge in [-0.25, -0.2) is 4.39 Å². The highest BCUT2D eigenvalue weighted by Gasteiger charge is 2.23. The van der Waals surface area contributed by atoms with Crippen molar-refractivity contribution in [2.24, 2.45) is 0 Å². The van der Waals surface area contributed by atoms with Crippen LogP contribution in [0.2, 0.25) is 0 Å². The molecule has 0 aliphatic carbocycles. The number of halogens is 1. The molecule has 2 aromatic rings. The Kier molecular flexibility index (Phi) is 4.73. The molecule has 2 rings (SSSR count). The molecular formula is C15H17FN4O3. The minimum Gasteiger partial charge on any atom is -0.481 e. The van der Waals surface area contributed by atoms with E-state index in [2.05, 4.69) is 15.5 Å². The zero-order valence-corrected chi connectivity index (χ0v) is 12.8. The van der Waals surface area contributed by atoms with Gasteiger partial charge in [-0.15, -0.1) is 5.10 Å². The fourth-order valence-corrected chi connectivity index (χ4v) is 1.92. The van der Waals surface area contributed by atoms with Gasteiger partial charge in [0.15, 0.2) is 5.69 Å². The summed E-state index contributed by atoms with van der Waals surface area (Å²) in [5.41, 5.74) is -0.0666. The molecule has 7 nitrogen and oxygen atoms in total. The van der Waals surface area contributed by atoms with Crippen molar-refractivity contribution in [1.82, 2.24) is 20.3 Å². The first-order valence-electron chi connectivity index (χ1n) is 6.99. The molecule has 2 N–H and O–H groups in total. The Morgan fingerprint density at radius 1 is 1.30 bits per heavy atom. The van der Waals surface area contributed by atoms with E-state index in [1.54, 1.807) is 13.8 Å². The number of carbonyl (C=O) groups excluding carboxylic acids is 1. The van der Waals surface area contributed by atoms with E-state index in [1.807, 2.05) is 0 Å². The van der Waals surface area contributed by atoms with Crippen molar-refractivity contribution in [2.45, 2.75) is 32.2 Å². The lowest BCUT2D eigenvalue weighted by molar-refractivity contribution is -0.137. The summed E-state index contributed by atoms with van der Waals surface area (Å²) >= 11 is 0. The number of carbonyl (C=O) groups is 2. The molecular weight excluding hydrogens is 303 g/mol. The molecule has 0 atom stereocenters. The van der Waals surface area contributed by atoms with Crippen molar-refractivity contribution < 1.29 is 19.1 Å². The molecule has 0 saturated carbocycles. The maximum absolute atomic E-state index is 12.9. The summed E-state index contributed by atoms with van der Waals surface area (Å²) in [5.74, 6) is -1.75. The van der Waals surface area contributed by atoms with Crippen LogP contribution in [-0.2, 0) is 4.79 Å². The van der Waals surface area contributed by atoms with Crippen LogP contribution in [0.4, 0.5) is 4.39 Å². The van der Waals surface area contributed by atoms with E-state index in [1.165, 1.54) is 35.3 Å². The first-order chi connectivity index (χ1) is 10.8. The number of carboxylic acid groups (broad SMARTS) is 1. The van der Waals surface area contributed by atoms with E-state index in [0.29, 0.717) is 12.1 Å². The molecule has 0 fully saturated rings. The van der Waals surface area contributed by atoms with Crippen LogP contribution in [0.25, 0.3) is 5.69 Å². The molecule has 1 aromatic carbocycles. The number of amides is 1. The fourth-order valence-electron chi connectivity index (χ4n) is 1.92. The number of benzene rings is 1. The van der Waals surface area contributed by atoms with Crippen molar-refractivity contribution in [3.05, 3.63) is 42.0 Å². The number of nitrogens with one attached hydrogen (secondary N) is 1. The van der Waals surface area contributed by atoms with Gasteiger partial charge in [-0.1, -0.05) is 0 Å². The average Bonchev–Trinajstić information content (AvgIpc) is 2.95. The lowest BCUT2D eigenvalue weighted by Crippen LogP contribution is -2.43. The smallest absolute Gasteiger partial charge is 0.303 e. The molecule has 0 bridgehead atoms.